The lowest BCUT2D eigenvalue weighted by Gasteiger charge is -2.30. The van der Waals surface area contributed by atoms with Crippen LogP contribution in [0.4, 0.5) is 11.4 Å². The summed E-state index contributed by atoms with van der Waals surface area (Å²) in [6.45, 7) is 5.49. The van der Waals surface area contributed by atoms with Crippen molar-refractivity contribution in [3.63, 3.8) is 0 Å². The van der Waals surface area contributed by atoms with Gasteiger partial charge in [-0.3, -0.25) is 13.9 Å². The fourth-order valence-electron chi connectivity index (χ4n) is 7.21. The second kappa shape index (κ2) is 15.9. The summed E-state index contributed by atoms with van der Waals surface area (Å²) < 4.78 is 139. The number of hydrogen-bond acceptors (Lipinski definition) is 12. The van der Waals surface area contributed by atoms with Gasteiger partial charge in [-0.15, -0.1) is 0 Å². The first-order chi connectivity index (χ1) is 24.8. The first-order valence-corrected chi connectivity index (χ1v) is 22.9. The van der Waals surface area contributed by atoms with Crippen LogP contribution in [0.2, 0.25) is 0 Å². The van der Waals surface area contributed by atoms with E-state index in [1.807, 2.05) is 6.92 Å². The Morgan fingerprint density at radius 2 is 1.48 bits per heavy atom. The molecule has 0 aromatic heterocycles. The number of unbranched alkanes of at least 4 members (excludes halogenated alkanes) is 2. The summed E-state index contributed by atoms with van der Waals surface area (Å²) in [7, 11) is -18.4. The van der Waals surface area contributed by atoms with Crippen molar-refractivity contribution >= 4 is 63.5 Å². The molecular formula is C34H43N2O14S4-. The molecule has 298 valence electrons. The van der Waals surface area contributed by atoms with Gasteiger partial charge in [-0.1, -0.05) is 18.9 Å². The molecule has 4 rings (SSSR count). The van der Waals surface area contributed by atoms with Gasteiger partial charge in [-0.05, 0) is 82.0 Å². The Hall–Kier alpha value is -3.50. The average molecular weight is 832 g/mol. The molecule has 1 atom stereocenters. The third kappa shape index (κ3) is 10.2. The fourth-order valence-corrected chi connectivity index (χ4v) is 9.19. The van der Waals surface area contributed by atoms with E-state index < -0.39 is 73.7 Å². The van der Waals surface area contributed by atoms with Crippen LogP contribution in [0, 0.1) is 0 Å². The maximum atomic E-state index is 12.1. The first kappa shape index (κ1) is 43.2. The molecule has 0 saturated carbocycles. The van der Waals surface area contributed by atoms with Gasteiger partial charge < -0.3 is 19.1 Å². The van der Waals surface area contributed by atoms with E-state index in [4.69, 9.17) is 5.11 Å². The molecule has 2 aliphatic heterocycles. The van der Waals surface area contributed by atoms with Crippen molar-refractivity contribution < 1.29 is 66.4 Å². The molecular weight excluding hydrogens is 789 g/mol. The number of carboxylic acids is 1. The van der Waals surface area contributed by atoms with Crippen LogP contribution < -0.4 is 4.90 Å². The second-order valence-corrected chi connectivity index (χ2v) is 19.9. The van der Waals surface area contributed by atoms with E-state index in [-0.39, 0.29) is 37.2 Å². The van der Waals surface area contributed by atoms with Crippen LogP contribution in [-0.4, -0.2) is 97.8 Å². The Kier molecular flexibility index (Phi) is 12.8. The maximum absolute atomic E-state index is 12.1. The topological polar surface area (TPSA) is 267 Å². The number of rotatable bonds is 18. The highest BCUT2D eigenvalue weighted by molar-refractivity contribution is 7.86. The normalized spacial score (nSPS) is 19.5. The monoisotopic (exact) mass is 831 g/mol. The van der Waals surface area contributed by atoms with Crippen LogP contribution in [0.1, 0.15) is 76.8 Å². The Balaban J connectivity index is 1.87. The van der Waals surface area contributed by atoms with Gasteiger partial charge in [0.15, 0.2) is 5.71 Å². The Morgan fingerprint density at radius 3 is 2.07 bits per heavy atom. The third-order valence-electron chi connectivity index (χ3n) is 9.79. The van der Waals surface area contributed by atoms with Crippen molar-refractivity contribution in [2.24, 2.45) is 0 Å². The van der Waals surface area contributed by atoms with Crippen LogP contribution in [0.15, 0.2) is 70.1 Å². The van der Waals surface area contributed by atoms with E-state index >= 15 is 0 Å². The molecule has 0 fully saturated rings. The van der Waals surface area contributed by atoms with Crippen LogP contribution >= 0.6 is 0 Å². The second-order valence-electron chi connectivity index (χ2n) is 14.1. The van der Waals surface area contributed by atoms with E-state index in [0.717, 1.165) is 6.07 Å². The van der Waals surface area contributed by atoms with E-state index in [1.54, 1.807) is 41.6 Å². The molecule has 54 heavy (non-hydrogen) atoms. The number of aliphatic carboxylic acids is 1. The summed E-state index contributed by atoms with van der Waals surface area (Å²) in [5.41, 5.74) is 1.16. The molecule has 0 bridgehead atoms. The largest absolute Gasteiger partial charge is 0.748 e. The van der Waals surface area contributed by atoms with Gasteiger partial charge in [0.2, 0.25) is 5.69 Å². The molecule has 2 aromatic rings. The average Bonchev–Trinajstić information content (AvgIpc) is 3.38. The first-order valence-electron chi connectivity index (χ1n) is 16.9. The number of carboxylic acid groups (broad SMARTS) is 1. The Bertz CT molecular complexity index is 2350. The van der Waals surface area contributed by atoms with E-state index in [2.05, 4.69) is 0 Å². The molecule has 0 spiro atoms. The summed E-state index contributed by atoms with van der Waals surface area (Å²) in [6, 6.07) is 7.87. The minimum Gasteiger partial charge on any atom is -0.748 e. The van der Waals surface area contributed by atoms with Gasteiger partial charge in [0, 0.05) is 59.6 Å². The van der Waals surface area contributed by atoms with Crippen LogP contribution in [0.3, 0.4) is 0 Å². The molecule has 16 nitrogen and oxygen atoms in total. The number of carbonyl (C=O) groups is 1. The fraction of sp³-hybridized carbons (Fsp3) is 0.471. The van der Waals surface area contributed by atoms with Gasteiger partial charge in [-0.2, -0.15) is 21.4 Å². The minimum absolute atomic E-state index is 0.0398. The predicted octanol–water partition coefficient (Wildman–Crippen LogP) is 3.68. The van der Waals surface area contributed by atoms with Gasteiger partial charge in [0.25, 0.3) is 20.2 Å². The third-order valence-corrected chi connectivity index (χ3v) is 13.1. The minimum atomic E-state index is -4.89. The van der Waals surface area contributed by atoms with E-state index in [0.29, 0.717) is 59.6 Å². The molecule has 3 N–H and O–H groups in total. The zero-order valence-electron chi connectivity index (χ0n) is 29.8. The molecule has 0 saturated heterocycles. The number of anilines is 1. The molecule has 1 unspecified atom stereocenters. The van der Waals surface area contributed by atoms with Crippen molar-refractivity contribution in [2.75, 3.05) is 29.5 Å². The summed E-state index contributed by atoms with van der Waals surface area (Å²) in [4.78, 5) is 12.0. The standard InChI is InChI=1S/C34H44N2O14S4/c1-33(2)26-22-24(53(45,46)47)13-15-28(26)35(18-8-20-51(39,40)41)30(33)10-7-11-31-34(3,17-6-4-5-12-32(37)38)27-23-25(54(48,49)50)14-16-29(27)36(31)19-9-21-52(42,43)44/h7,10-11,13-16,22-23H,4-6,8-9,12,17-21H2,1-3H3,(H4-,37,38,39,40,41,42,43,44,45,46,47,48,49,50)/p-1. The highest BCUT2D eigenvalue weighted by Crippen LogP contribution is 2.51. The SMILES string of the molecule is CC1(C)C(/C=C/C=C2/N(CCCS(=O)(=O)O)c3ccc(S(=O)(=O)[O-])cc3C2(C)CCCCCC(=O)O)=[N+](CCCS(=O)(=O)[O-])c2ccc(S(=O)(=O)O)cc21. The predicted molar refractivity (Wildman–Crippen MR) is 196 cm³/mol. The van der Waals surface area contributed by atoms with Crippen molar-refractivity contribution in [3.8, 4) is 0 Å². The highest BCUT2D eigenvalue weighted by Gasteiger charge is 2.46. The molecule has 0 aliphatic carbocycles. The zero-order chi connectivity index (χ0) is 40.5. The van der Waals surface area contributed by atoms with Crippen LogP contribution in [0.25, 0.3) is 0 Å². The number of allylic oxidation sites excluding steroid dienone is 4. The van der Waals surface area contributed by atoms with E-state index in [9.17, 15) is 56.7 Å². The summed E-state index contributed by atoms with van der Waals surface area (Å²) in [6.07, 6.45) is 6.64. The van der Waals surface area contributed by atoms with Crippen LogP contribution in [-0.2, 0) is 56.1 Å². The molecule has 0 radical (unpaired) electrons. The molecule has 2 heterocycles. The maximum Gasteiger partial charge on any atom is 0.303 e. The number of nitrogens with zero attached hydrogens (tertiary/aromatic N) is 2. The summed E-state index contributed by atoms with van der Waals surface area (Å²) in [5, 5.41) is 9.11. The highest BCUT2D eigenvalue weighted by atomic mass is 32.2. The Labute approximate surface area is 315 Å². The zero-order valence-corrected chi connectivity index (χ0v) is 33.1. The molecule has 2 aromatic carbocycles. The quantitative estimate of drug-likeness (QED) is 0.110. The van der Waals surface area contributed by atoms with Gasteiger partial charge in [0.05, 0.1) is 31.1 Å². The molecule has 2 aliphatic rings. The number of fused-ring (bicyclic) bond motifs is 2. The molecule has 0 amide bonds. The van der Waals surface area contributed by atoms with E-state index in [1.165, 1.54) is 30.3 Å². The lowest BCUT2D eigenvalue weighted by molar-refractivity contribution is -0.437. The molecule has 20 heteroatoms. The van der Waals surface area contributed by atoms with Crippen LogP contribution in [0.5, 0.6) is 0 Å². The Morgan fingerprint density at radius 1 is 0.833 bits per heavy atom. The van der Waals surface area contributed by atoms with Crippen molar-refractivity contribution in [3.05, 3.63) is 71.5 Å². The van der Waals surface area contributed by atoms with Gasteiger partial charge >= 0.3 is 5.97 Å². The summed E-state index contributed by atoms with van der Waals surface area (Å²) in [5.74, 6) is -2.20. The summed E-state index contributed by atoms with van der Waals surface area (Å²) >= 11 is 0. The van der Waals surface area contributed by atoms with Crippen molar-refractivity contribution in [2.45, 2.75) is 86.3 Å². The number of hydrogen-bond donors (Lipinski definition) is 3. The lowest BCUT2D eigenvalue weighted by atomic mass is 9.77. The van der Waals surface area contributed by atoms with Crippen molar-refractivity contribution in [1.82, 2.24) is 0 Å². The van der Waals surface area contributed by atoms with Gasteiger partial charge in [0.1, 0.15) is 16.7 Å². The van der Waals surface area contributed by atoms with Gasteiger partial charge in [-0.25, -0.2) is 16.8 Å². The number of benzene rings is 2. The lowest BCUT2D eigenvalue weighted by Crippen LogP contribution is -2.30. The van der Waals surface area contributed by atoms with Crippen molar-refractivity contribution in [1.29, 1.82) is 0 Å². The smallest absolute Gasteiger partial charge is 0.303 e.